The van der Waals surface area contributed by atoms with Gasteiger partial charge in [0.05, 0.1) is 12.0 Å². The third-order valence-corrected chi connectivity index (χ3v) is 4.18. The van der Waals surface area contributed by atoms with E-state index >= 15 is 0 Å². The number of aryl methyl sites for hydroxylation is 5. The van der Waals surface area contributed by atoms with Crippen LogP contribution < -0.4 is 11.2 Å². The number of rotatable bonds is 4. The van der Waals surface area contributed by atoms with Gasteiger partial charge in [0.15, 0.2) is 11.2 Å². The van der Waals surface area contributed by atoms with E-state index in [9.17, 15) is 9.59 Å². The quantitative estimate of drug-likeness (QED) is 0.677. The number of hydrogen-bond donors (Lipinski definition) is 0. The Kier molecular flexibility index (Phi) is 3.67. The fourth-order valence-corrected chi connectivity index (χ4v) is 2.84. The van der Waals surface area contributed by atoms with Crippen LogP contribution >= 0.6 is 0 Å². The van der Waals surface area contributed by atoms with Gasteiger partial charge in [-0.2, -0.15) is 5.10 Å². The van der Waals surface area contributed by atoms with Crippen molar-refractivity contribution in [3.05, 3.63) is 44.6 Å². The fraction of sp³-hybridized carbons (Fsp3) is 0.467. The Balaban J connectivity index is 2.01. The Morgan fingerprint density at radius 2 is 1.91 bits per heavy atom. The van der Waals surface area contributed by atoms with E-state index in [4.69, 9.17) is 0 Å². The molecule has 3 heterocycles. The van der Waals surface area contributed by atoms with Crippen molar-refractivity contribution in [2.75, 3.05) is 0 Å². The van der Waals surface area contributed by atoms with E-state index in [1.807, 2.05) is 17.8 Å². The summed E-state index contributed by atoms with van der Waals surface area (Å²) < 4.78 is 6.14. The predicted molar refractivity (Wildman–Crippen MR) is 86.5 cm³/mol. The smallest absolute Gasteiger partial charge is 0.328 e. The molecule has 0 aliphatic carbocycles. The maximum Gasteiger partial charge on any atom is 0.332 e. The molecule has 0 aliphatic heterocycles. The Bertz CT molecular complexity index is 988. The molecule has 0 N–H and O–H groups in total. The van der Waals surface area contributed by atoms with Crippen LogP contribution in [0, 0.1) is 0 Å². The van der Waals surface area contributed by atoms with Gasteiger partial charge >= 0.3 is 5.69 Å². The molecule has 0 fully saturated rings. The third kappa shape index (κ3) is 2.39. The molecule has 0 amide bonds. The van der Waals surface area contributed by atoms with Crippen LogP contribution in [0.15, 0.2) is 22.0 Å². The summed E-state index contributed by atoms with van der Waals surface area (Å²) in [6, 6.07) is 2.01. The second-order valence-corrected chi connectivity index (χ2v) is 5.68. The average Bonchev–Trinajstić information content (AvgIpc) is 3.08. The molecule has 0 radical (unpaired) electrons. The molecular formula is C15H20N6O2. The molecule has 8 nitrogen and oxygen atoms in total. The van der Waals surface area contributed by atoms with Gasteiger partial charge in [0.2, 0.25) is 0 Å². The number of fused-ring (bicyclic) bond motifs is 1. The Labute approximate surface area is 132 Å². The van der Waals surface area contributed by atoms with Crippen molar-refractivity contribution < 1.29 is 0 Å². The zero-order valence-electron chi connectivity index (χ0n) is 13.8. The minimum atomic E-state index is -0.354. The molecule has 3 aromatic rings. The van der Waals surface area contributed by atoms with E-state index in [-0.39, 0.29) is 11.2 Å². The minimum Gasteiger partial charge on any atom is -0.328 e. The fourth-order valence-electron chi connectivity index (χ4n) is 2.84. The summed E-state index contributed by atoms with van der Waals surface area (Å²) in [6.45, 7) is 2.37. The Hall–Kier alpha value is -2.64. The Morgan fingerprint density at radius 1 is 1.17 bits per heavy atom. The highest BCUT2D eigenvalue weighted by atomic mass is 16.2. The lowest BCUT2D eigenvalue weighted by Crippen LogP contribution is -2.40. The first kappa shape index (κ1) is 15.3. The molecule has 0 atom stereocenters. The standard InChI is InChI=1S/C15H20N6O2/c1-5-11-8-10(17-20(11)4)6-7-21-14(22)12-13(16-9-18(12)2)19(3)15(21)23/h8-9H,5-7H2,1-4H3. The lowest BCUT2D eigenvalue weighted by molar-refractivity contribution is 0.590. The largest absolute Gasteiger partial charge is 0.332 e. The molecular weight excluding hydrogens is 296 g/mol. The van der Waals surface area contributed by atoms with Crippen molar-refractivity contribution in [3.63, 3.8) is 0 Å². The van der Waals surface area contributed by atoms with Crippen LogP contribution in [-0.4, -0.2) is 28.5 Å². The van der Waals surface area contributed by atoms with E-state index in [1.165, 1.54) is 9.13 Å². The molecule has 0 saturated heterocycles. The van der Waals surface area contributed by atoms with Crippen molar-refractivity contribution in [1.82, 2.24) is 28.5 Å². The third-order valence-electron chi connectivity index (χ3n) is 4.18. The molecule has 8 heteroatoms. The monoisotopic (exact) mass is 316 g/mol. The summed E-state index contributed by atoms with van der Waals surface area (Å²) in [6.07, 6.45) is 2.97. The van der Waals surface area contributed by atoms with Crippen LogP contribution in [-0.2, 0) is 40.5 Å². The van der Waals surface area contributed by atoms with Crippen molar-refractivity contribution in [2.24, 2.45) is 21.1 Å². The van der Waals surface area contributed by atoms with Gasteiger partial charge in [0.25, 0.3) is 5.56 Å². The summed E-state index contributed by atoms with van der Waals surface area (Å²) in [5, 5.41) is 4.42. The highest BCUT2D eigenvalue weighted by molar-refractivity contribution is 5.69. The lowest BCUT2D eigenvalue weighted by Gasteiger charge is -2.07. The van der Waals surface area contributed by atoms with Crippen LogP contribution in [0.2, 0.25) is 0 Å². The number of nitrogens with zero attached hydrogens (tertiary/aromatic N) is 6. The second-order valence-electron chi connectivity index (χ2n) is 5.68. The zero-order valence-corrected chi connectivity index (χ0v) is 13.8. The molecule has 3 aromatic heterocycles. The average molecular weight is 316 g/mol. The zero-order chi connectivity index (χ0) is 16.7. The van der Waals surface area contributed by atoms with Crippen molar-refractivity contribution >= 4 is 11.2 Å². The van der Waals surface area contributed by atoms with Gasteiger partial charge in [0.1, 0.15) is 0 Å². The first-order chi connectivity index (χ1) is 10.9. The first-order valence-corrected chi connectivity index (χ1v) is 7.56. The SMILES string of the molecule is CCc1cc(CCn2c(=O)c3c(ncn3C)n(C)c2=O)nn1C. The van der Waals surface area contributed by atoms with Gasteiger partial charge in [-0.05, 0) is 12.5 Å². The normalized spacial score (nSPS) is 11.5. The van der Waals surface area contributed by atoms with E-state index < -0.39 is 0 Å². The molecule has 23 heavy (non-hydrogen) atoms. The van der Waals surface area contributed by atoms with Crippen LogP contribution in [0.4, 0.5) is 0 Å². The van der Waals surface area contributed by atoms with Crippen LogP contribution in [0.1, 0.15) is 18.3 Å². The summed E-state index contributed by atoms with van der Waals surface area (Å²) in [5.74, 6) is 0. The van der Waals surface area contributed by atoms with Gasteiger partial charge in [-0.15, -0.1) is 0 Å². The first-order valence-electron chi connectivity index (χ1n) is 7.56. The van der Waals surface area contributed by atoms with Crippen LogP contribution in [0.5, 0.6) is 0 Å². The van der Waals surface area contributed by atoms with E-state index in [0.717, 1.165) is 17.8 Å². The molecule has 0 bridgehead atoms. The van der Waals surface area contributed by atoms with E-state index in [1.54, 1.807) is 25.0 Å². The summed E-state index contributed by atoms with van der Waals surface area (Å²) in [7, 11) is 5.27. The van der Waals surface area contributed by atoms with Gasteiger partial charge in [-0.1, -0.05) is 6.92 Å². The molecule has 122 valence electrons. The number of hydrogen-bond acceptors (Lipinski definition) is 4. The molecule has 0 aliphatic rings. The number of imidazole rings is 1. The van der Waals surface area contributed by atoms with Crippen molar-refractivity contribution in [3.8, 4) is 0 Å². The molecule has 0 saturated carbocycles. The van der Waals surface area contributed by atoms with E-state index in [2.05, 4.69) is 17.0 Å². The summed E-state index contributed by atoms with van der Waals surface area (Å²) >= 11 is 0. The summed E-state index contributed by atoms with van der Waals surface area (Å²) in [4.78, 5) is 29.1. The molecule has 3 rings (SSSR count). The topological polar surface area (TPSA) is 79.6 Å². The van der Waals surface area contributed by atoms with Gasteiger partial charge < -0.3 is 4.57 Å². The molecule has 0 unspecified atom stereocenters. The van der Waals surface area contributed by atoms with Gasteiger partial charge in [-0.3, -0.25) is 18.6 Å². The maximum atomic E-state index is 12.6. The van der Waals surface area contributed by atoms with Crippen LogP contribution in [0.25, 0.3) is 11.2 Å². The van der Waals surface area contributed by atoms with Crippen LogP contribution in [0.3, 0.4) is 0 Å². The number of aromatic nitrogens is 6. The maximum absolute atomic E-state index is 12.6. The van der Waals surface area contributed by atoms with Crippen molar-refractivity contribution in [2.45, 2.75) is 26.3 Å². The minimum absolute atomic E-state index is 0.298. The summed E-state index contributed by atoms with van der Waals surface area (Å²) in [5.41, 5.74) is 2.18. The second kappa shape index (κ2) is 5.53. The molecule has 0 spiro atoms. The van der Waals surface area contributed by atoms with Crippen molar-refractivity contribution in [1.29, 1.82) is 0 Å². The van der Waals surface area contributed by atoms with E-state index in [0.29, 0.717) is 24.1 Å². The molecule has 0 aromatic carbocycles. The predicted octanol–water partition coefficient (Wildman–Crippen LogP) is -0.0277. The Morgan fingerprint density at radius 3 is 2.57 bits per heavy atom. The lowest BCUT2D eigenvalue weighted by atomic mass is 10.2. The highest BCUT2D eigenvalue weighted by Crippen LogP contribution is 2.06. The van der Waals surface area contributed by atoms with Gasteiger partial charge in [-0.25, -0.2) is 9.78 Å². The highest BCUT2D eigenvalue weighted by Gasteiger charge is 2.15. The van der Waals surface area contributed by atoms with Gasteiger partial charge in [0, 0.05) is 39.8 Å².